The predicted octanol–water partition coefficient (Wildman–Crippen LogP) is 2.38. The second-order valence-electron chi connectivity index (χ2n) is 4.34. The highest BCUT2D eigenvalue weighted by Crippen LogP contribution is 2.26. The highest BCUT2D eigenvalue weighted by molar-refractivity contribution is 9.10. The maximum Gasteiger partial charge on any atom is 0.274 e. The van der Waals surface area contributed by atoms with Crippen LogP contribution in [0.25, 0.3) is 0 Å². The van der Waals surface area contributed by atoms with Gasteiger partial charge in [0.25, 0.3) is 5.69 Å². The summed E-state index contributed by atoms with van der Waals surface area (Å²) >= 11 is 3.19. The Bertz CT molecular complexity index is 525. The average Bonchev–Trinajstić information content (AvgIpc) is 3.17. The van der Waals surface area contributed by atoms with Crippen LogP contribution >= 0.6 is 15.9 Å². The van der Waals surface area contributed by atoms with Crippen LogP contribution in [0.15, 0.2) is 22.7 Å². The molecule has 7 heteroatoms. The predicted molar refractivity (Wildman–Crippen MR) is 71.9 cm³/mol. The summed E-state index contributed by atoms with van der Waals surface area (Å²) in [7, 11) is 0. The number of hydrogen-bond donors (Lipinski definition) is 1. The Labute approximate surface area is 118 Å². The Morgan fingerprint density at radius 2 is 2.32 bits per heavy atom. The molecule has 1 unspecified atom stereocenters. The first-order chi connectivity index (χ1) is 9.08. The molecule has 1 N–H and O–H groups in total. The summed E-state index contributed by atoms with van der Waals surface area (Å²) in [6.45, 7) is 0.167. The maximum atomic E-state index is 10.7. The van der Waals surface area contributed by atoms with Gasteiger partial charge in [0.2, 0.25) is 0 Å². The van der Waals surface area contributed by atoms with Crippen LogP contribution < -0.4 is 10.1 Å². The molecule has 0 aliphatic heterocycles. The Balaban J connectivity index is 1.97. The van der Waals surface area contributed by atoms with E-state index in [1.807, 2.05) is 0 Å². The van der Waals surface area contributed by atoms with Crippen molar-refractivity contribution in [3.8, 4) is 11.8 Å². The fourth-order valence-corrected chi connectivity index (χ4v) is 2.03. The molecule has 1 atom stereocenters. The largest absolute Gasteiger partial charge is 0.491 e. The van der Waals surface area contributed by atoms with Crippen LogP contribution in [0.5, 0.6) is 5.75 Å². The Morgan fingerprint density at radius 3 is 2.89 bits per heavy atom. The number of nitriles is 1. The minimum atomic E-state index is -0.484. The van der Waals surface area contributed by atoms with Gasteiger partial charge in [-0.1, -0.05) is 15.9 Å². The zero-order chi connectivity index (χ0) is 13.8. The molecule has 1 aliphatic carbocycles. The normalized spacial score (nSPS) is 15.6. The number of hydrogen-bond acceptors (Lipinski definition) is 5. The molecule has 0 radical (unpaired) electrons. The molecule has 2 rings (SSSR count). The van der Waals surface area contributed by atoms with Crippen LogP contribution in [-0.2, 0) is 0 Å². The number of halogens is 1. The average molecular weight is 326 g/mol. The fraction of sp³-hybridized carbons (Fsp3) is 0.417. The lowest BCUT2D eigenvalue weighted by Gasteiger charge is -2.12. The van der Waals surface area contributed by atoms with E-state index >= 15 is 0 Å². The number of nitrogens with zero attached hydrogens (tertiary/aromatic N) is 2. The molecule has 0 spiro atoms. The minimum absolute atomic E-state index is 0.0481. The topological polar surface area (TPSA) is 88.2 Å². The number of non-ortho nitro benzene ring substituents is 1. The summed E-state index contributed by atoms with van der Waals surface area (Å²) in [5, 5.41) is 22.8. The quantitative estimate of drug-likeness (QED) is 0.640. The first-order valence-corrected chi connectivity index (χ1v) is 6.61. The van der Waals surface area contributed by atoms with Crippen molar-refractivity contribution in [2.24, 2.45) is 0 Å². The van der Waals surface area contributed by atoms with Crippen molar-refractivity contribution in [1.29, 1.82) is 5.26 Å². The first kappa shape index (κ1) is 13.8. The summed E-state index contributed by atoms with van der Waals surface area (Å²) in [6, 6.07) is 6.50. The number of nitro benzene ring substituents is 1. The molecule has 1 aromatic carbocycles. The van der Waals surface area contributed by atoms with Crippen molar-refractivity contribution in [2.75, 3.05) is 6.61 Å². The maximum absolute atomic E-state index is 10.7. The van der Waals surface area contributed by atoms with Crippen molar-refractivity contribution in [1.82, 2.24) is 5.32 Å². The van der Waals surface area contributed by atoms with Gasteiger partial charge in [0.05, 0.1) is 17.1 Å². The molecular weight excluding hydrogens is 314 g/mol. The van der Waals surface area contributed by atoms with Gasteiger partial charge in [0, 0.05) is 16.6 Å². The second-order valence-corrected chi connectivity index (χ2v) is 5.25. The van der Waals surface area contributed by atoms with E-state index < -0.39 is 11.0 Å². The number of ether oxygens (including phenoxy) is 1. The number of nitrogens with one attached hydrogen (secondary N) is 1. The lowest BCUT2D eigenvalue weighted by atomic mass is 10.3. The second kappa shape index (κ2) is 5.99. The SMILES string of the molecule is N#CC(COc1cc(Br)cc([N+](=O)[O-])c1)NC1CC1. The molecule has 1 fully saturated rings. The third kappa shape index (κ3) is 4.19. The zero-order valence-electron chi connectivity index (χ0n) is 10.0. The van der Waals surface area contributed by atoms with Crippen molar-refractivity contribution >= 4 is 21.6 Å². The molecule has 0 heterocycles. The molecule has 1 aliphatic rings. The van der Waals surface area contributed by atoms with Gasteiger partial charge >= 0.3 is 0 Å². The van der Waals surface area contributed by atoms with Gasteiger partial charge in [-0.05, 0) is 18.9 Å². The van der Waals surface area contributed by atoms with E-state index in [0.29, 0.717) is 16.3 Å². The van der Waals surface area contributed by atoms with E-state index in [-0.39, 0.29) is 12.3 Å². The highest BCUT2D eigenvalue weighted by Gasteiger charge is 2.24. The minimum Gasteiger partial charge on any atom is -0.491 e. The van der Waals surface area contributed by atoms with Crippen molar-refractivity contribution in [3.63, 3.8) is 0 Å². The molecule has 0 amide bonds. The molecule has 0 saturated heterocycles. The van der Waals surface area contributed by atoms with Crippen LogP contribution in [0.4, 0.5) is 5.69 Å². The van der Waals surface area contributed by atoms with E-state index in [9.17, 15) is 10.1 Å². The van der Waals surface area contributed by atoms with E-state index in [1.165, 1.54) is 12.1 Å². The van der Waals surface area contributed by atoms with Gasteiger partial charge < -0.3 is 4.74 Å². The summed E-state index contributed by atoms with van der Waals surface area (Å²) in [6.07, 6.45) is 2.17. The van der Waals surface area contributed by atoms with Crippen LogP contribution in [0.2, 0.25) is 0 Å². The van der Waals surface area contributed by atoms with Gasteiger partial charge in [-0.3, -0.25) is 15.4 Å². The van der Waals surface area contributed by atoms with Gasteiger partial charge in [0.1, 0.15) is 18.4 Å². The highest BCUT2D eigenvalue weighted by atomic mass is 79.9. The zero-order valence-corrected chi connectivity index (χ0v) is 11.6. The molecule has 1 saturated carbocycles. The first-order valence-electron chi connectivity index (χ1n) is 5.82. The van der Waals surface area contributed by atoms with Gasteiger partial charge in [0.15, 0.2) is 0 Å². The standard InChI is InChI=1S/C12H12BrN3O3/c13-8-3-11(16(17)18)5-12(4-8)19-7-10(6-14)15-9-1-2-9/h3-5,9-10,15H,1-2,7H2. The molecule has 19 heavy (non-hydrogen) atoms. The number of nitro groups is 1. The van der Waals surface area contributed by atoms with E-state index in [1.54, 1.807) is 6.07 Å². The van der Waals surface area contributed by atoms with Gasteiger partial charge in [-0.15, -0.1) is 0 Å². The molecular formula is C12H12BrN3O3. The Hall–Kier alpha value is -1.65. The van der Waals surface area contributed by atoms with Crippen molar-refractivity contribution < 1.29 is 9.66 Å². The molecule has 0 aromatic heterocycles. The van der Waals surface area contributed by atoms with E-state index in [2.05, 4.69) is 27.3 Å². The Morgan fingerprint density at radius 1 is 1.58 bits per heavy atom. The van der Waals surface area contributed by atoms with Crippen LogP contribution in [-0.4, -0.2) is 23.6 Å². The summed E-state index contributed by atoms with van der Waals surface area (Å²) < 4.78 is 6.01. The third-order valence-electron chi connectivity index (χ3n) is 2.65. The smallest absolute Gasteiger partial charge is 0.274 e. The summed E-state index contributed by atoms with van der Waals surface area (Å²) in [5.41, 5.74) is -0.0481. The molecule has 1 aromatic rings. The van der Waals surface area contributed by atoms with E-state index in [0.717, 1.165) is 12.8 Å². The third-order valence-corrected chi connectivity index (χ3v) is 3.11. The number of benzene rings is 1. The molecule has 0 bridgehead atoms. The summed E-state index contributed by atoms with van der Waals surface area (Å²) in [4.78, 5) is 10.2. The lowest BCUT2D eigenvalue weighted by Crippen LogP contribution is -2.34. The van der Waals surface area contributed by atoms with Gasteiger partial charge in [-0.2, -0.15) is 5.26 Å². The fourth-order valence-electron chi connectivity index (χ4n) is 1.57. The van der Waals surface area contributed by atoms with Crippen molar-refractivity contribution in [3.05, 3.63) is 32.8 Å². The molecule has 6 nitrogen and oxygen atoms in total. The molecule has 100 valence electrons. The van der Waals surface area contributed by atoms with Crippen LogP contribution in [0.1, 0.15) is 12.8 Å². The van der Waals surface area contributed by atoms with Crippen LogP contribution in [0.3, 0.4) is 0 Å². The summed E-state index contributed by atoms with van der Waals surface area (Å²) in [5.74, 6) is 0.374. The lowest BCUT2D eigenvalue weighted by molar-refractivity contribution is -0.385. The van der Waals surface area contributed by atoms with Crippen molar-refractivity contribution in [2.45, 2.75) is 24.9 Å². The van der Waals surface area contributed by atoms with E-state index in [4.69, 9.17) is 10.00 Å². The number of rotatable bonds is 6. The monoisotopic (exact) mass is 325 g/mol. The Kier molecular flexibility index (Phi) is 4.35. The van der Waals surface area contributed by atoms with Gasteiger partial charge in [-0.25, -0.2) is 0 Å². The van der Waals surface area contributed by atoms with Crippen LogP contribution in [0, 0.1) is 21.4 Å².